The van der Waals surface area contributed by atoms with Crippen LogP contribution in [0.4, 0.5) is 0 Å². The predicted molar refractivity (Wildman–Crippen MR) is 70.0 cm³/mol. The molecule has 0 aliphatic heterocycles. The van der Waals surface area contributed by atoms with Gasteiger partial charge in [-0.15, -0.1) is 0 Å². The molecule has 0 spiro atoms. The molecular formula is C13H15N3O3. The van der Waals surface area contributed by atoms with Gasteiger partial charge in [-0.05, 0) is 39.8 Å². The Morgan fingerprint density at radius 2 is 1.79 bits per heavy atom. The van der Waals surface area contributed by atoms with Crippen LogP contribution in [0.2, 0.25) is 0 Å². The number of methoxy groups -OCH3 is 1. The molecule has 0 atom stereocenters. The second-order valence-corrected chi connectivity index (χ2v) is 5.04. The third kappa shape index (κ3) is 3.56. The number of ether oxygens (including phenoxy) is 1. The number of esters is 1. The maximum atomic E-state index is 11.6. The van der Waals surface area contributed by atoms with Gasteiger partial charge < -0.3 is 4.74 Å². The van der Waals surface area contributed by atoms with Crippen molar-refractivity contribution in [2.24, 2.45) is 5.11 Å². The van der Waals surface area contributed by atoms with E-state index in [4.69, 9.17) is 5.53 Å². The zero-order valence-corrected chi connectivity index (χ0v) is 11.3. The first-order valence-electron chi connectivity index (χ1n) is 5.63. The Morgan fingerprint density at radius 1 is 1.21 bits per heavy atom. The van der Waals surface area contributed by atoms with Gasteiger partial charge in [-0.25, -0.2) is 4.79 Å². The molecule has 0 N–H and O–H groups in total. The van der Waals surface area contributed by atoms with Crippen molar-refractivity contribution >= 4 is 11.9 Å². The number of benzene rings is 1. The molecule has 0 unspecified atom stereocenters. The summed E-state index contributed by atoms with van der Waals surface area (Å²) in [5.41, 5.74) is 9.26. The average Bonchev–Trinajstić information content (AvgIpc) is 2.36. The van der Waals surface area contributed by atoms with Crippen molar-refractivity contribution in [3.63, 3.8) is 0 Å². The van der Waals surface area contributed by atoms with Gasteiger partial charge in [0.2, 0.25) is 5.91 Å². The standard InChI is InChI=1S/C13H15N3O3/c1-13(2,3)10-6-8(11(17)15-16-14)5-9(7-10)12(18)19-4/h5-7H,1-4H3. The fraction of sp³-hybridized carbons (Fsp3) is 0.385. The summed E-state index contributed by atoms with van der Waals surface area (Å²) in [6, 6.07) is 4.64. The Kier molecular flexibility index (Phi) is 4.30. The summed E-state index contributed by atoms with van der Waals surface area (Å²) in [6.07, 6.45) is 0. The van der Waals surface area contributed by atoms with Gasteiger partial charge in [-0.2, -0.15) is 0 Å². The SMILES string of the molecule is COC(=O)c1cc(C(=O)N=[N+]=[N-])cc(C(C)(C)C)c1. The van der Waals surface area contributed by atoms with E-state index in [2.05, 4.69) is 14.8 Å². The lowest BCUT2D eigenvalue weighted by Gasteiger charge is -2.20. The molecule has 0 saturated carbocycles. The molecule has 6 nitrogen and oxygen atoms in total. The largest absolute Gasteiger partial charge is 0.465 e. The number of carbonyl (C=O) groups excluding carboxylic acids is 2. The molecule has 0 aliphatic rings. The molecule has 0 aromatic heterocycles. The van der Waals surface area contributed by atoms with E-state index >= 15 is 0 Å². The van der Waals surface area contributed by atoms with Gasteiger partial charge in [0.05, 0.1) is 12.7 Å². The van der Waals surface area contributed by atoms with E-state index in [9.17, 15) is 9.59 Å². The summed E-state index contributed by atoms with van der Waals surface area (Å²) in [4.78, 5) is 25.7. The first-order chi connectivity index (χ1) is 8.79. The van der Waals surface area contributed by atoms with Crippen LogP contribution in [0.3, 0.4) is 0 Å². The molecular weight excluding hydrogens is 246 g/mol. The topological polar surface area (TPSA) is 92.1 Å². The lowest BCUT2D eigenvalue weighted by atomic mass is 9.85. The minimum absolute atomic E-state index is 0.172. The maximum absolute atomic E-state index is 11.6. The van der Waals surface area contributed by atoms with Crippen molar-refractivity contribution < 1.29 is 14.3 Å². The second-order valence-electron chi connectivity index (χ2n) is 5.04. The van der Waals surface area contributed by atoms with Crippen LogP contribution in [0, 0.1) is 0 Å². The van der Waals surface area contributed by atoms with E-state index in [-0.39, 0.29) is 16.5 Å². The fourth-order valence-corrected chi connectivity index (χ4v) is 1.52. The Bertz CT molecular complexity index is 567. The van der Waals surface area contributed by atoms with E-state index in [1.807, 2.05) is 20.8 Å². The molecule has 0 fully saturated rings. The summed E-state index contributed by atoms with van der Waals surface area (Å²) in [5, 5.41) is 3.03. The number of carbonyl (C=O) groups is 2. The van der Waals surface area contributed by atoms with Crippen molar-refractivity contribution in [3.05, 3.63) is 45.3 Å². The minimum Gasteiger partial charge on any atom is -0.465 e. The molecule has 6 heteroatoms. The number of hydrogen-bond donors (Lipinski definition) is 0. The van der Waals surface area contributed by atoms with E-state index in [0.717, 1.165) is 5.56 Å². The Morgan fingerprint density at radius 3 is 2.26 bits per heavy atom. The molecule has 1 rings (SSSR count). The summed E-state index contributed by atoms with van der Waals surface area (Å²) in [6.45, 7) is 5.85. The molecule has 1 amide bonds. The Labute approximate surface area is 111 Å². The maximum Gasteiger partial charge on any atom is 0.337 e. The highest BCUT2D eigenvalue weighted by atomic mass is 16.5. The van der Waals surface area contributed by atoms with Crippen LogP contribution in [-0.4, -0.2) is 19.0 Å². The van der Waals surface area contributed by atoms with Crippen LogP contribution in [0.5, 0.6) is 0 Å². The van der Waals surface area contributed by atoms with Gasteiger partial charge in [-0.1, -0.05) is 20.8 Å². The van der Waals surface area contributed by atoms with Crippen LogP contribution >= 0.6 is 0 Å². The van der Waals surface area contributed by atoms with Gasteiger partial charge in [0.1, 0.15) is 0 Å². The third-order valence-electron chi connectivity index (χ3n) is 2.60. The highest BCUT2D eigenvalue weighted by Gasteiger charge is 2.19. The van der Waals surface area contributed by atoms with Crippen molar-refractivity contribution in [1.82, 2.24) is 0 Å². The normalized spacial score (nSPS) is 10.5. The van der Waals surface area contributed by atoms with Crippen LogP contribution in [0.1, 0.15) is 47.1 Å². The second kappa shape index (κ2) is 5.54. The van der Waals surface area contributed by atoms with Gasteiger partial charge in [0.15, 0.2) is 0 Å². The minimum atomic E-state index is -0.723. The fourth-order valence-electron chi connectivity index (χ4n) is 1.52. The lowest BCUT2D eigenvalue weighted by Crippen LogP contribution is -2.14. The van der Waals surface area contributed by atoms with E-state index < -0.39 is 11.9 Å². The number of azide groups is 1. The predicted octanol–water partition coefficient (Wildman–Crippen LogP) is 3.22. The summed E-state index contributed by atoms with van der Waals surface area (Å²) >= 11 is 0. The summed E-state index contributed by atoms with van der Waals surface area (Å²) < 4.78 is 4.64. The van der Waals surface area contributed by atoms with Crippen LogP contribution in [0.25, 0.3) is 10.4 Å². The first kappa shape index (κ1) is 14.7. The Hall–Kier alpha value is -2.33. The van der Waals surface area contributed by atoms with Gasteiger partial charge in [0.25, 0.3) is 0 Å². The molecule has 100 valence electrons. The van der Waals surface area contributed by atoms with Gasteiger partial charge >= 0.3 is 5.97 Å². The van der Waals surface area contributed by atoms with Crippen molar-refractivity contribution in [1.29, 1.82) is 0 Å². The monoisotopic (exact) mass is 261 g/mol. The molecule has 0 heterocycles. The van der Waals surface area contributed by atoms with Crippen LogP contribution in [-0.2, 0) is 10.2 Å². The quantitative estimate of drug-likeness (QED) is 0.354. The average molecular weight is 261 g/mol. The molecule has 0 aliphatic carbocycles. The Balaban J connectivity index is 3.44. The summed E-state index contributed by atoms with van der Waals surface area (Å²) in [5.74, 6) is -1.26. The van der Waals surface area contributed by atoms with E-state index in [0.29, 0.717) is 0 Å². The molecule has 1 aromatic carbocycles. The molecule has 0 bridgehead atoms. The van der Waals surface area contributed by atoms with Crippen LogP contribution < -0.4 is 0 Å². The molecule has 0 saturated heterocycles. The molecule has 1 aromatic rings. The van der Waals surface area contributed by atoms with E-state index in [1.165, 1.54) is 13.2 Å². The lowest BCUT2D eigenvalue weighted by molar-refractivity contribution is 0.0600. The zero-order chi connectivity index (χ0) is 14.6. The third-order valence-corrected chi connectivity index (χ3v) is 2.60. The smallest absolute Gasteiger partial charge is 0.337 e. The van der Waals surface area contributed by atoms with Gasteiger partial charge in [0, 0.05) is 10.5 Å². The van der Waals surface area contributed by atoms with Gasteiger partial charge in [-0.3, -0.25) is 4.79 Å². The van der Waals surface area contributed by atoms with Crippen molar-refractivity contribution in [3.8, 4) is 0 Å². The number of amides is 1. The highest BCUT2D eigenvalue weighted by molar-refractivity contribution is 5.98. The highest BCUT2D eigenvalue weighted by Crippen LogP contribution is 2.25. The number of nitrogens with zero attached hydrogens (tertiary/aromatic N) is 3. The summed E-state index contributed by atoms with van der Waals surface area (Å²) in [7, 11) is 1.26. The van der Waals surface area contributed by atoms with Crippen molar-refractivity contribution in [2.75, 3.05) is 7.11 Å². The molecule has 0 radical (unpaired) electrons. The zero-order valence-electron chi connectivity index (χ0n) is 11.3. The first-order valence-corrected chi connectivity index (χ1v) is 5.63. The number of hydrogen-bond acceptors (Lipinski definition) is 3. The number of rotatable bonds is 2. The van der Waals surface area contributed by atoms with E-state index in [1.54, 1.807) is 12.1 Å². The van der Waals surface area contributed by atoms with Crippen LogP contribution in [0.15, 0.2) is 23.3 Å². The molecule has 19 heavy (non-hydrogen) atoms. The van der Waals surface area contributed by atoms with Crippen molar-refractivity contribution in [2.45, 2.75) is 26.2 Å².